The maximum absolute atomic E-state index is 6.52. The predicted octanol–water partition coefficient (Wildman–Crippen LogP) is 2.82. The third-order valence-corrected chi connectivity index (χ3v) is 6.21. The molecule has 4 atom stereocenters. The summed E-state index contributed by atoms with van der Waals surface area (Å²) in [6.45, 7) is 4.07. The second kappa shape index (κ2) is 10.4. The van der Waals surface area contributed by atoms with Crippen LogP contribution in [0.5, 0.6) is 0 Å². The van der Waals surface area contributed by atoms with Crippen LogP contribution in [0.25, 0.3) is 0 Å². The van der Waals surface area contributed by atoms with Crippen molar-refractivity contribution in [3.8, 4) is 0 Å². The highest BCUT2D eigenvalue weighted by Crippen LogP contribution is 2.34. The summed E-state index contributed by atoms with van der Waals surface area (Å²) < 4.78 is 11.5. The van der Waals surface area contributed by atoms with Crippen molar-refractivity contribution in [1.29, 1.82) is 0 Å². The lowest BCUT2D eigenvalue weighted by molar-refractivity contribution is 0.0170. The fourth-order valence-corrected chi connectivity index (χ4v) is 4.69. The van der Waals surface area contributed by atoms with Gasteiger partial charge in [-0.05, 0) is 30.9 Å². The smallest absolute Gasteiger partial charge is 0.191 e. The molecule has 4 rings (SSSR count). The number of aliphatic imine (C=N–C) groups is 1. The topological polar surface area (TPSA) is 58.1 Å². The quantitative estimate of drug-likeness (QED) is 0.355. The van der Waals surface area contributed by atoms with E-state index in [2.05, 4.69) is 26.6 Å². The zero-order valence-electron chi connectivity index (χ0n) is 16.3. The Morgan fingerprint density at radius 3 is 2.71 bits per heavy atom. The summed E-state index contributed by atoms with van der Waals surface area (Å²) in [6.07, 6.45) is 4.17. The number of nitrogens with zero attached hydrogens (tertiary/aromatic N) is 2. The monoisotopic (exact) mass is 520 g/mol. The zero-order valence-corrected chi connectivity index (χ0v) is 19.4. The van der Waals surface area contributed by atoms with E-state index in [0.29, 0.717) is 18.2 Å². The van der Waals surface area contributed by atoms with Gasteiger partial charge in [0.25, 0.3) is 0 Å². The van der Waals surface area contributed by atoms with Gasteiger partial charge in [-0.2, -0.15) is 0 Å². The first-order valence-corrected chi connectivity index (χ1v) is 10.3. The van der Waals surface area contributed by atoms with Crippen molar-refractivity contribution in [2.75, 3.05) is 39.9 Å². The minimum Gasteiger partial charge on any atom is -0.379 e. The molecule has 156 valence electrons. The van der Waals surface area contributed by atoms with Crippen LogP contribution in [-0.2, 0) is 9.47 Å². The number of ether oxygens (including phenoxy) is 2. The largest absolute Gasteiger partial charge is 0.379 e. The van der Waals surface area contributed by atoms with Gasteiger partial charge in [-0.1, -0.05) is 29.8 Å². The van der Waals surface area contributed by atoms with Crippen molar-refractivity contribution in [1.82, 2.24) is 15.5 Å². The Morgan fingerprint density at radius 2 is 2.07 bits per heavy atom. The molecule has 6 nitrogen and oxygen atoms in total. The third kappa shape index (κ3) is 5.11. The number of halogens is 2. The lowest BCUT2D eigenvalue weighted by Crippen LogP contribution is -2.50. The van der Waals surface area contributed by atoms with Gasteiger partial charge in [0.15, 0.2) is 5.96 Å². The molecule has 3 heterocycles. The number of morpholine rings is 1. The van der Waals surface area contributed by atoms with Crippen LogP contribution in [0.15, 0.2) is 29.3 Å². The number of hydrogen-bond donors (Lipinski definition) is 2. The Hall–Kier alpha value is -0.610. The molecule has 0 aromatic heterocycles. The number of fused-ring (bicyclic) bond motifs is 2. The van der Waals surface area contributed by atoms with E-state index < -0.39 is 0 Å². The van der Waals surface area contributed by atoms with Crippen LogP contribution in [0.4, 0.5) is 0 Å². The van der Waals surface area contributed by atoms with E-state index in [1.807, 2.05) is 25.2 Å². The highest BCUT2D eigenvalue weighted by Gasteiger charge is 2.41. The number of guanidine groups is 1. The summed E-state index contributed by atoms with van der Waals surface area (Å²) >= 11 is 6.52. The predicted molar refractivity (Wildman–Crippen MR) is 123 cm³/mol. The molecule has 1 aromatic carbocycles. The van der Waals surface area contributed by atoms with Crippen molar-refractivity contribution >= 4 is 41.5 Å². The molecule has 8 heteroatoms. The first kappa shape index (κ1) is 22.1. The Balaban J connectivity index is 0.00000225. The van der Waals surface area contributed by atoms with E-state index in [1.165, 1.54) is 6.42 Å². The van der Waals surface area contributed by atoms with Gasteiger partial charge in [0.1, 0.15) is 0 Å². The normalized spacial score (nSPS) is 28.6. The first-order valence-electron chi connectivity index (χ1n) is 9.93. The van der Waals surface area contributed by atoms with Crippen molar-refractivity contribution in [2.24, 2.45) is 4.99 Å². The maximum atomic E-state index is 6.52. The fourth-order valence-electron chi connectivity index (χ4n) is 4.42. The molecule has 3 fully saturated rings. The number of benzene rings is 1. The Kier molecular flexibility index (Phi) is 8.22. The number of hydrogen-bond acceptors (Lipinski definition) is 4. The van der Waals surface area contributed by atoms with Crippen LogP contribution < -0.4 is 10.6 Å². The molecule has 2 N–H and O–H groups in total. The van der Waals surface area contributed by atoms with E-state index in [1.54, 1.807) is 0 Å². The molecular formula is C20H30ClIN4O2. The van der Waals surface area contributed by atoms with Crippen LogP contribution in [0.1, 0.15) is 30.9 Å². The van der Waals surface area contributed by atoms with Crippen molar-refractivity contribution in [2.45, 2.75) is 43.6 Å². The van der Waals surface area contributed by atoms with Crippen LogP contribution in [0.3, 0.4) is 0 Å². The summed E-state index contributed by atoms with van der Waals surface area (Å²) in [6, 6.07) is 8.64. The average molecular weight is 521 g/mol. The van der Waals surface area contributed by atoms with Gasteiger partial charge < -0.3 is 20.1 Å². The SMILES string of the molecule is CN=C(NCC(c1ccccc1Cl)N1CCOCC1)NC1CC2CCC1O2.I. The van der Waals surface area contributed by atoms with E-state index in [0.717, 1.165) is 62.2 Å². The first-order chi connectivity index (χ1) is 13.2. The molecule has 3 aliphatic heterocycles. The van der Waals surface area contributed by atoms with Gasteiger partial charge in [-0.25, -0.2) is 0 Å². The molecule has 0 saturated carbocycles. The molecule has 28 heavy (non-hydrogen) atoms. The second-order valence-electron chi connectivity index (χ2n) is 7.50. The van der Waals surface area contributed by atoms with Crippen molar-refractivity contribution < 1.29 is 9.47 Å². The van der Waals surface area contributed by atoms with Gasteiger partial charge in [-0.15, -0.1) is 24.0 Å². The number of rotatable bonds is 5. The Labute approximate surface area is 189 Å². The van der Waals surface area contributed by atoms with Gasteiger partial charge in [-0.3, -0.25) is 9.89 Å². The zero-order chi connectivity index (χ0) is 18.6. The minimum atomic E-state index is 0. The van der Waals surface area contributed by atoms with Gasteiger partial charge in [0, 0.05) is 31.7 Å². The Bertz CT molecular complexity index is 671. The standard InChI is InChI=1S/C20H29ClN4O2.HI/c1-22-20(24-17-12-14-6-7-19(17)27-14)23-13-18(25-8-10-26-11-9-25)15-4-2-3-5-16(15)21;/h2-5,14,17-19H,6-13H2,1H3,(H2,22,23,24);1H. The maximum Gasteiger partial charge on any atom is 0.191 e. The Morgan fingerprint density at radius 1 is 1.29 bits per heavy atom. The summed E-state index contributed by atoms with van der Waals surface area (Å²) in [5, 5.41) is 7.89. The van der Waals surface area contributed by atoms with Crippen molar-refractivity contribution in [3.63, 3.8) is 0 Å². The fraction of sp³-hybridized carbons (Fsp3) is 0.650. The molecule has 3 saturated heterocycles. The van der Waals surface area contributed by atoms with E-state index in [-0.39, 0.29) is 30.0 Å². The molecule has 0 amide bonds. The number of nitrogens with one attached hydrogen (secondary N) is 2. The lowest BCUT2D eigenvalue weighted by Gasteiger charge is -2.35. The summed E-state index contributed by atoms with van der Waals surface area (Å²) in [5.74, 6) is 0.835. The molecule has 3 aliphatic rings. The molecular weight excluding hydrogens is 491 g/mol. The van der Waals surface area contributed by atoms with E-state index in [4.69, 9.17) is 21.1 Å². The summed E-state index contributed by atoms with van der Waals surface area (Å²) in [7, 11) is 1.82. The van der Waals surface area contributed by atoms with E-state index in [9.17, 15) is 0 Å². The van der Waals surface area contributed by atoms with Crippen LogP contribution in [0, 0.1) is 0 Å². The van der Waals surface area contributed by atoms with E-state index >= 15 is 0 Å². The molecule has 4 unspecified atom stereocenters. The molecule has 0 spiro atoms. The van der Waals surface area contributed by atoms with Gasteiger partial charge >= 0.3 is 0 Å². The highest BCUT2D eigenvalue weighted by molar-refractivity contribution is 14.0. The molecule has 1 aromatic rings. The van der Waals surface area contributed by atoms with Gasteiger partial charge in [0.2, 0.25) is 0 Å². The molecule has 0 aliphatic carbocycles. The summed E-state index contributed by atoms with van der Waals surface area (Å²) in [5.41, 5.74) is 1.15. The second-order valence-corrected chi connectivity index (χ2v) is 7.91. The van der Waals surface area contributed by atoms with Crippen LogP contribution in [0.2, 0.25) is 5.02 Å². The molecule has 2 bridgehead atoms. The minimum absolute atomic E-state index is 0. The van der Waals surface area contributed by atoms with Crippen LogP contribution in [-0.4, -0.2) is 69.0 Å². The molecule has 0 radical (unpaired) electrons. The summed E-state index contributed by atoms with van der Waals surface area (Å²) in [4.78, 5) is 6.87. The average Bonchev–Trinajstić information content (AvgIpc) is 3.32. The lowest BCUT2D eigenvalue weighted by atomic mass is 9.96. The van der Waals surface area contributed by atoms with Crippen LogP contribution >= 0.6 is 35.6 Å². The third-order valence-electron chi connectivity index (χ3n) is 5.87. The van der Waals surface area contributed by atoms with Gasteiger partial charge in [0.05, 0.1) is 37.5 Å². The van der Waals surface area contributed by atoms with Crippen molar-refractivity contribution in [3.05, 3.63) is 34.9 Å². The highest BCUT2D eigenvalue weighted by atomic mass is 127.